The van der Waals surface area contributed by atoms with Gasteiger partial charge in [-0.05, 0) is 25.1 Å². The Bertz CT molecular complexity index is 403. The molecule has 3 nitrogen and oxygen atoms in total. The molecule has 1 aliphatic rings. The number of halogens is 1. The molecule has 16 heavy (non-hydrogen) atoms. The van der Waals surface area contributed by atoms with Crippen LogP contribution in [-0.4, -0.2) is 19.2 Å². The number of rotatable bonds is 3. The number of hydrogen-bond acceptors (Lipinski definition) is 3. The molecule has 0 fully saturated rings. The quantitative estimate of drug-likeness (QED) is 0.801. The van der Waals surface area contributed by atoms with Crippen molar-refractivity contribution in [2.75, 3.05) is 13.2 Å². The van der Waals surface area contributed by atoms with Crippen molar-refractivity contribution in [2.24, 2.45) is 0 Å². The zero-order valence-electron chi connectivity index (χ0n) is 9.03. The van der Waals surface area contributed by atoms with E-state index in [2.05, 4.69) is 15.9 Å². The molecule has 0 bridgehead atoms. The lowest BCUT2D eigenvalue weighted by molar-refractivity contribution is -0.143. The maximum Gasteiger partial charge on any atom is 0.306 e. The second-order valence-electron chi connectivity index (χ2n) is 3.70. The summed E-state index contributed by atoms with van der Waals surface area (Å²) in [5, 5.41) is 0. The van der Waals surface area contributed by atoms with Crippen LogP contribution in [0.25, 0.3) is 0 Å². The molecule has 86 valence electrons. The number of ether oxygens (including phenoxy) is 2. The fourth-order valence-corrected chi connectivity index (χ4v) is 2.22. The Hall–Kier alpha value is -1.03. The minimum atomic E-state index is -0.163. The maximum absolute atomic E-state index is 11.4. The number of benzene rings is 1. The Balaban J connectivity index is 2.11. The molecule has 0 N–H and O–H groups in total. The molecule has 1 atom stereocenters. The molecular formula is C12H13BrO3. The zero-order chi connectivity index (χ0) is 11.5. The lowest BCUT2D eigenvalue weighted by atomic mass is 9.98. The monoisotopic (exact) mass is 284 g/mol. The van der Waals surface area contributed by atoms with Gasteiger partial charge >= 0.3 is 5.97 Å². The van der Waals surface area contributed by atoms with Crippen LogP contribution in [0.5, 0.6) is 5.75 Å². The van der Waals surface area contributed by atoms with Gasteiger partial charge < -0.3 is 9.47 Å². The summed E-state index contributed by atoms with van der Waals surface area (Å²) in [6.45, 7) is 2.80. The SMILES string of the molecule is CCOC(=O)CC1COc2ccc(Br)cc21. The summed E-state index contributed by atoms with van der Waals surface area (Å²) < 4.78 is 11.5. The van der Waals surface area contributed by atoms with Crippen LogP contribution in [0, 0.1) is 0 Å². The summed E-state index contributed by atoms with van der Waals surface area (Å²) in [7, 11) is 0. The first-order chi connectivity index (χ1) is 7.70. The van der Waals surface area contributed by atoms with E-state index in [1.807, 2.05) is 25.1 Å². The van der Waals surface area contributed by atoms with Gasteiger partial charge in [0.05, 0.1) is 19.6 Å². The van der Waals surface area contributed by atoms with Gasteiger partial charge in [0.1, 0.15) is 5.75 Å². The van der Waals surface area contributed by atoms with Crippen LogP contribution in [0.1, 0.15) is 24.8 Å². The molecule has 1 unspecified atom stereocenters. The smallest absolute Gasteiger partial charge is 0.306 e. The number of fused-ring (bicyclic) bond motifs is 1. The van der Waals surface area contributed by atoms with E-state index in [0.29, 0.717) is 19.6 Å². The molecule has 1 aromatic carbocycles. The minimum Gasteiger partial charge on any atom is -0.493 e. The van der Waals surface area contributed by atoms with Gasteiger partial charge in [0, 0.05) is 16.0 Å². The average molecular weight is 285 g/mol. The largest absolute Gasteiger partial charge is 0.493 e. The van der Waals surface area contributed by atoms with E-state index in [9.17, 15) is 4.79 Å². The van der Waals surface area contributed by atoms with Crippen LogP contribution >= 0.6 is 15.9 Å². The third-order valence-electron chi connectivity index (χ3n) is 2.57. The third kappa shape index (κ3) is 2.38. The van der Waals surface area contributed by atoms with Crippen molar-refractivity contribution < 1.29 is 14.3 Å². The summed E-state index contributed by atoms with van der Waals surface area (Å²) in [5.74, 6) is 0.827. The second kappa shape index (κ2) is 4.87. The van der Waals surface area contributed by atoms with Crippen LogP contribution in [0.4, 0.5) is 0 Å². The second-order valence-corrected chi connectivity index (χ2v) is 4.61. The van der Waals surface area contributed by atoms with Crippen LogP contribution in [0.2, 0.25) is 0 Å². The molecule has 0 saturated carbocycles. The van der Waals surface area contributed by atoms with Crippen molar-refractivity contribution >= 4 is 21.9 Å². The molecule has 0 saturated heterocycles. The van der Waals surface area contributed by atoms with E-state index in [4.69, 9.17) is 9.47 Å². The standard InChI is InChI=1S/C12H13BrO3/c1-2-15-12(14)5-8-7-16-11-4-3-9(13)6-10(8)11/h3-4,6,8H,2,5,7H2,1H3. The van der Waals surface area contributed by atoms with Crippen LogP contribution < -0.4 is 4.74 Å². The van der Waals surface area contributed by atoms with E-state index >= 15 is 0 Å². The molecule has 1 aliphatic heterocycles. The molecule has 0 radical (unpaired) electrons. The molecule has 0 spiro atoms. The maximum atomic E-state index is 11.4. The van der Waals surface area contributed by atoms with Gasteiger partial charge in [-0.15, -0.1) is 0 Å². The molecule has 0 amide bonds. The van der Waals surface area contributed by atoms with Gasteiger partial charge in [-0.25, -0.2) is 0 Å². The van der Waals surface area contributed by atoms with Gasteiger partial charge in [0.25, 0.3) is 0 Å². The molecule has 2 rings (SSSR count). The normalized spacial score (nSPS) is 17.8. The summed E-state index contributed by atoms with van der Waals surface area (Å²) in [4.78, 5) is 11.4. The third-order valence-corrected chi connectivity index (χ3v) is 3.06. The van der Waals surface area contributed by atoms with E-state index in [-0.39, 0.29) is 11.9 Å². The van der Waals surface area contributed by atoms with Crippen molar-refractivity contribution in [1.29, 1.82) is 0 Å². The fourth-order valence-electron chi connectivity index (χ4n) is 1.84. The summed E-state index contributed by atoms with van der Waals surface area (Å²) in [6, 6.07) is 5.86. The highest BCUT2D eigenvalue weighted by Crippen LogP contribution is 2.37. The van der Waals surface area contributed by atoms with Gasteiger partial charge in [-0.3, -0.25) is 4.79 Å². The number of esters is 1. The highest BCUT2D eigenvalue weighted by atomic mass is 79.9. The Morgan fingerprint density at radius 3 is 3.19 bits per heavy atom. The highest BCUT2D eigenvalue weighted by molar-refractivity contribution is 9.10. The van der Waals surface area contributed by atoms with Crippen LogP contribution in [0.15, 0.2) is 22.7 Å². The molecular weight excluding hydrogens is 272 g/mol. The van der Waals surface area contributed by atoms with E-state index in [1.165, 1.54) is 0 Å². The van der Waals surface area contributed by atoms with Crippen molar-refractivity contribution in [3.05, 3.63) is 28.2 Å². The summed E-state index contributed by atoms with van der Waals surface area (Å²) in [6.07, 6.45) is 0.386. The van der Waals surface area contributed by atoms with Gasteiger partial charge in [-0.2, -0.15) is 0 Å². The first-order valence-electron chi connectivity index (χ1n) is 5.28. The first-order valence-corrected chi connectivity index (χ1v) is 6.08. The zero-order valence-corrected chi connectivity index (χ0v) is 10.6. The van der Waals surface area contributed by atoms with Crippen LogP contribution in [0.3, 0.4) is 0 Å². The lowest BCUT2D eigenvalue weighted by Gasteiger charge is -2.07. The number of carbonyl (C=O) groups excluding carboxylic acids is 1. The van der Waals surface area contributed by atoms with Crippen LogP contribution in [-0.2, 0) is 9.53 Å². The van der Waals surface area contributed by atoms with E-state index < -0.39 is 0 Å². The topological polar surface area (TPSA) is 35.5 Å². The van der Waals surface area contributed by atoms with Crippen molar-refractivity contribution in [3.63, 3.8) is 0 Å². The predicted octanol–water partition coefficient (Wildman–Crippen LogP) is 2.88. The Morgan fingerprint density at radius 2 is 2.44 bits per heavy atom. The Kier molecular flexibility index (Phi) is 3.49. The number of carbonyl (C=O) groups is 1. The highest BCUT2D eigenvalue weighted by Gasteiger charge is 2.26. The van der Waals surface area contributed by atoms with Crippen molar-refractivity contribution in [2.45, 2.75) is 19.3 Å². The van der Waals surface area contributed by atoms with Crippen molar-refractivity contribution in [1.82, 2.24) is 0 Å². The molecule has 0 aliphatic carbocycles. The fraction of sp³-hybridized carbons (Fsp3) is 0.417. The van der Waals surface area contributed by atoms with E-state index in [0.717, 1.165) is 15.8 Å². The summed E-state index contributed by atoms with van der Waals surface area (Å²) in [5.41, 5.74) is 1.09. The minimum absolute atomic E-state index is 0.117. The molecule has 0 aromatic heterocycles. The molecule has 1 aromatic rings. The van der Waals surface area contributed by atoms with Crippen molar-refractivity contribution in [3.8, 4) is 5.75 Å². The van der Waals surface area contributed by atoms with E-state index in [1.54, 1.807) is 0 Å². The average Bonchev–Trinajstić information content (AvgIpc) is 2.61. The Morgan fingerprint density at radius 1 is 1.62 bits per heavy atom. The number of hydrogen-bond donors (Lipinski definition) is 0. The van der Waals surface area contributed by atoms with Gasteiger partial charge in [0.15, 0.2) is 0 Å². The predicted molar refractivity (Wildman–Crippen MR) is 63.6 cm³/mol. The molecule has 4 heteroatoms. The Labute approximate surface area is 103 Å². The van der Waals surface area contributed by atoms with Gasteiger partial charge in [0.2, 0.25) is 0 Å². The lowest BCUT2D eigenvalue weighted by Crippen LogP contribution is -2.11. The summed E-state index contributed by atoms with van der Waals surface area (Å²) >= 11 is 3.42. The molecule has 1 heterocycles. The van der Waals surface area contributed by atoms with Gasteiger partial charge in [-0.1, -0.05) is 15.9 Å². The first kappa shape index (κ1) is 11.5.